The zero-order chi connectivity index (χ0) is 14.8. The van der Waals surface area contributed by atoms with E-state index in [-0.39, 0.29) is 12.5 Å². The highest BCUT2D eigenvalue weighted by Gasteiger charge is 2.26. The molecular formula is C15H27NO4. The molecule has 1 aliphatic rings. The average molecular weight is 285 g/mol. The number of hydrogen-bond acceptors (Lipinski definition) is 3. The van der Waals surface area contributed by atoms with Crippen molar-refractivity contribution in [2.75, 3.05) is 6.61 Å². The summed E-state index contributed by atoms with van der Waals surface area (Å²) in [6.07, 6.45) is 7.73. The highest BCUT2D eigenvalue weighted by atomic mass is 16.5. The van der Waals surface area contributed by atoms with Gasteiger partial charge in [-0.05, 0) is 31.6 Å². The van der Waals surface area contributed by atoms with Crippen LogP contribution in [0.4, 0.5) is 4.79 Å². The van der Waals surface area contributed by atoms with Crippen molar-refractivity contribution in [2.45, 2.75) is 70.8 Å². The maximum Gasteiger partial charge on any atom is 0.407 e. The second kappa shape index (κ2) is 9.61. The molecule has 0 bridgehead atoms. The van der Waals surface area contributed by atoms with Crippen LogP contribution in [0, 0.1) is 5.92 Å². The van der Waals surface area contributed by atoms with Crippen LogP contribution in [-0.2, 0) is 9.53 Å². The first-order valence-electron chi connectivity index (χ1n) is 7.78. The van der Waals surface area contributed by atoms with Gasteiger partial charge in [-0.25, -0.2) is 4.79 Å². The highest BCUT2D eigenvalue weighted by molar-refractivity contribution is 5.68. The first-order chi connectivity index (χ1) is 9.63. The molecule has 116 valence electrons. The monoisotopic (exact) mass is 285 g/mol. The third-order valence-electron chi connectivity index (χ3n) is 3.92. The van der Waals surface area contributed by atoms with E-state index in [2.05, 4.69) is 5.32 Å². The lowest BCUT2D eigenvalue weighted by molar-refractivity contribution is -0.137. The fourth-order valence-electron chi connectivity index (χ4n) is 2.74. The van der Waals surface area contributed by atoms with Gasteiger partial charge in [-0.2, -0.15) is 0 Å². The molecule has 0 spiro atoms. The average Bonchev–Trinajstić information content (AvgIpc) is 2.44. The summed E-state index contributed by atoms with van der Waals surface area (Å²) in [5, 5.41) is 11.7. The van der Waals surface area contributed by atoms with Gasteiger partial charge >= 0.3 is 12.1 Å². The van der Waals surface area contributed by atoms with Crippen LogP contribution >= 0.6 is 0 Å². The zero-order valence-corrected chi connectivity index (χ0v) is 12.4. The molecule has 1 rings (SSSR count). The molecule has 1 aliphatic carbocycles. The number of aliphatic carboxylic acids is 1. The summed E-state index contributed by atoms with van der Waals surface area (Å²) in [4.78, 5) is 22.5. The quantitative estimate of drug-likeness (QED) is 0.671. The fraction of sp³-hybridized carbons (Fsp3) is 0.867. The van der Waals surface area contributed by atoms with E-state index < -0.39 is 12.1 Å². The molecule has 0 aromatic rings. The van der Waals surface area contributed by atoms with Crippen LogP contribution in [0.25, 0.3) is 0 Å². The summed E-state index contributed by atoms with van der Waals surface area (Å²) in [6, 6.07) is -0.0690. The molecule has 0 aromatic heterocycles. The van der Waals surface area contributed by atoms with Gasteiger partial charge < -0.3 is 15.2 Å². The Labute approximate surface area is 121 Å². The SMILES string of the molecule is CCCCOC(=O)N[C@@H](CCC(=O)O)C1CCCCC1. The topological polar surface area (TPSA) is 75.6 Å². The maximum atomic E-state index is 11.7. The number of ether oxygens (including phenoxy) is 1. The van der Waals surface area contributed by atoms with Crippen molar-refractivity contribution in [3.63, 3.8) is 0 Å². The first kappa shape index (κ1) is 16.8. The van der Waals surface area contributed by atoms with E-state index in [1.165, 1.54) is 19.3 Å². The van der Waals surface area contributed by atoms with Gasteiger partial charge in [0.15, 0.2) is 0 Å². The van der Waals surface area contributed by atoms with Gasteiger partial charge in [-0.3, -0.25) is 4.79 Å². The summed E-state index contributed by atoms with van der Waals surface area (Å²) in [5.74, 6) is -0.422. The first-order valence-corrected chi connectivity index (χ1v) is 7.78. The number of unbranched alkanes of at least 4 members (excludes halogenated alkanes) is 1. The van der Waals surface area contributed by atoms with Crippen LogP contribution in [-0.4, -0.2) is 29.8 Å². The molecule has 0 radical (unpaired) electrons. The predicted molar refractivity (Wildman–Crippen MR) is 76.6 cm³/mol. The zero-order valence-electron chi connectivity index (χ0n) is 12.4. The van der Waals surface area contributed by atoms with Crippen molar-refractivity contribution in [3.8, 4) is 0 Å². The molecule has 2 N–H and O–H groups in total. The van der Waals surface area contributed by atoms with Crippen LogP contribution < -0.4 is 5.32 Å². The molecule has 20 heavy (non-hydrogen) atoms. The molecule has 1 saturated carbocycles. The van der Waals surface area contributed by atoms with Crippen LogP contribution in [0.3, 0.4) is 0 Å². The number of amides is 1. The molecule has 1 fully saturated rings. The maximum absolute atomic E-state index is 11.7. The van der Waals surface area contributed by atoms with Crippen LogP contribution in [0.5, 0.6) is 0 Å². The minimum absolute atomic E-state index is 0.0690. The minimum atomic E-state index is -0.813. The predicted octanol–water partition coefficient (Wildman–Crippen LogP) is 3.33. The summed E-state index contributed by atoms with van der Waals surface area (Å²) >= 11 is 0. The molecule has 5 nitrogen and oxygen atoms in total. The number of hydrogen-bond donors (Lipinski definition) is 2. The second-order valence-electron chi connectivity index (χ2n) is 5.57. The minimum Gasteiger partial charge on any atom is -0.481 e. The number of carbonyl (C=O) groups is 2. The van der Waals surface area contributed by atoms with Gasteiger partial charge in [0.2, 0.25) is 0 Å². The Hall–Kier alpha value is -1.26. The van der Waals surface area contributed by atoms with E-state index in [9.17, 15) is 9.59 Å². The summed E-state index contributed by atoms with van der Waals surface area (Å²) < 4.78 is 5.11. The fourth-order valence-corrected chi connectivity index (χ4v) is 2.74. The van der Waals surface area contributed by atoms with Crippen molar-refractivity contribution in [2.24, 2.45) is 5.92 Å². The van der Waals surface area contributed by atoms with E-state index in [1.807, 2.05) is 6.92 Å². The number of nitrogens with one attached hydrogen (secondary N) is 1. The number of carbonyl (C=O) groups excluding carboxylic acids is 1. The van der Waals surface area contributed by atoms with Gasteiger partial charge in [0.1, 0.15) is 0 Å². The molecule has 1 atom stereocenters. The molecule has 0 unspecified atom stereocenters. The summed E-state index contributed by atoms with van der Waals surface area (Å²) in [7, 11) is 0. The molecule has 0 aliphatic heterocycles. The Kier molecular flexibility index (Phi) is 8.07. The van der Waals surface area contributed by atoms with Gasteiger partial charge in [0.25, 0.3) is 0 Å². The Bertz CT molecular complexity index is 300. The van der Waals surface area contributed by atoms with E-state index in [4.69, 9.17) is 9.84 Å². The van der Waals surface area contributed by atoms with Crippen LogP contribution in [0.15, 0.2) is 0 Å². The van der Waals surface area contributed by atoms with Crippen molar-refractivity contribution in [1.82, 2.24) is 5.32 Å². The standard InChI is InChI=1S/C15H27NO4/c1-2-3-11-20-15(19)16-13(9-10-14(17)18)12-7-5-4-6-8-12/h12-13H,2-11H2,1H3,(H,16,19)(H,17,18)/t13-/m0/s1. The Morgan fingerprint density at radius 2 is 2.00 bits per heavy atom. The van der Waals surface area contributed by atoms with E-state index in [1.54, 1.807) is 0 Å². The van der Waals surface area contributed by atoms with Gasteiger partial charge in [0, 0.05) is 12.5 Å². The lowest BCUT2D eigenvalue weighted by Crippen LogP contribution is -2.41. The second-order valence-corrected chi connectivity index (χ2v) is 5.57. The van der Waals surface area contributed by atoms with Crippen molar-refractivity contribution in [3.05, 3.63) is 0 Å². The third-order valence-corrected chi connectivity index (χ3v) is 3.92. The molecule has 0 heterocycles. The van der Waals surface area contributed by atoms with E-state index in [0.717, 1.165) is 25.7 Å². The normalized spacial score (nSPS) is 17.4. The summed E-state index contributed by atoms with van der Waals surface area (Å²) in [5.41, 5.74) is 0. The Balaban J connectivity index is 2.43. The summed E-state index contributed by atoms with van der Waals surface area (Å²) in [6.45, 7) is 2.47. The lowest BCUT2D eigenvalue weighted by Gasteiger charge is -2.30. The third kappa shape index (κ3) is 6.78. The van der Waals surface area contributed by atoms with Gasteiger partial charge in [-0.15, -0.1) is 0 Å². The lowest BCUT2D eigenvalue weighted by atomic mass is 9.82. The van der Waals surface area contributed by atoms with Crippen molar-refractivity contribution >= 4 is 12.1 Å². The Morgan fingerprint density at radius 3 is 2.60 bits per heavy atom. The van der Waals surface area contributed by atoms with Crippen molar-refractivity contribution in [1.29, 1.82) is 0 Å². The Morgan fingerprint density at radius 1 is 1.30 bits per heavy atom. The molecule has 0 saturated heterocycles. The highest BCUT2D eigenvalue weighted by Crippen LogP contribution is 2.28. The molecule has 1 amide bonds. The van der Waals surface area contributed by atoms with E-state index >= 15 is 0 Å². The smallest absolute Gasteiger partial charge is 0.407 e. The van der Waals surface area contributed by atoms with E-state index in [0.29, 0.717) is 18.9 Å². The van der Waals surface area contributed by atoms with Gasteiger partial charge in [0.05, 0.1) is 6.61 Å². The molecular weight excluding hydrogens is 258 g/mol. The number of rotatable bonds is 8. The molecule has 5 heteroatoms. The van der Waals surface area contributed by atoms with Crippen molar-refractivity contribution < 1.29 is 19.4 Å². The largest absolute Gasteiger partial charge is 0.481 e. The van der Waals surface area contributed by atoms with Crippen LogP contribution in [0.2, 0.25) is 0 Å². The van der Waals surface area contributed by atoms with Gasteiger partial charge in [-0.1, -0.05) is 32.6 Å². The number of carboxylic acids is 1. The number of carboxylic acid groups (broad SMARTS) is 1. The number of alkyl carbamates (subject to hydrolysis) is 1. The molecule has 0 aromatic carbocycles. The van der Waals surface area contributed by atoms with Crippen LogP contribution in [0.1, 0.15) is 64.7 Å².